The van der Waals surface area contributed by atoms with E-state index in [1.54, 1.807) is 0 Å². The minimum absolute atomic E-state index is 0.237. The molecule has 0 unspecified atom stereocenters. The van der Waals surface area contributed by atoms with Crippen LogP contribution in [-0.2, 0) is 0 Å². The molecule has 1 aromatic heterocycles. The summed E-state index contributed by atoms with van der Waals surface area (Å²) in [6.07, 6.45) is 0.733. The van der Waals surface area contributed by atoms with Gasteiger partial charge in [0.05, 0.1) is 11.7 Å². The third kappa shape index (κ3) is 1.77. The van der Waals surface area contributed by atoms with Gasteiger partial charge in [-0.15, -0.1) is 0 Å². The van der Waals surface area contributed by atoms with Gasteiger partial charge in [0.1, 0.15) is 0 Å². The molecule has 1 heterocycles. The van der Waals surface area contributed by atoms with Crippen LogP contribution in [0.2, 0.25) is 0 Å². The van der Waals surface area contributed by atoms with Gasteiger partial charge in [0.25, 0.3) is 0 Å². The standard InChI is InChI=1S/C11H14N4O/c1-2-9(12)10-13-14-11(16)15(10)8-6-4-3-5-7-8/h3-7,9H,2,12H2,1H3,(H,14,16)/t9-/m0/s1. The average Bonchev–Trinajstić information content (AvgIpc) is 2.71. The highest BCUT2D eigenvalue weighted by Crippen LogP contribution is 2.13. The molecule has 84 valence electrons. The zero-order chi connectivity index (χ0) is 11.5. The molecular formula is C11H14N4O. The maximum Gasteiger partial charge on any atom is 0.347 e. The molecule has 0 spiro atoms. The summed E-state index contributed by atoms with van der Waals surface area (Å²) < 4.78 is 1.51. The van der Waals surface area contributed by atoms with Crippen LogP contribution in [0.3, 0.4) is 0 Å². The summed E-state index contributed by atoms with van der Waals surface area (Å²) in [5, 5.41) is 6.39. The van der Waals surface area contributed by atoms with Gasteiger partial charge in [-0.1, -0.05) is 25.1 Å². The van der Waals surface area contributed by atoms with Crippen LogP contribution < -0.4 is 11.4 Å². The first-order valence-electron chi connectivity index (χ1n) is 5.22. The van der Waals surface area contributed by atoms with Gasteiger partial charge in [-0.2, -0.15) is 5.10 Å². The topological polar surface area (TPSA) is 76.7 Å². The van der Waals surface area contributed by atoms with E-state index in [1.807, 2.05) is 37.3 Å². The summed E-state index contributed by atoms with van der Waals surface area (Å²) >= 11 is 0. The predicted octanol–water partition coefficient (Wildman–Crippen LogP) is 0.970. The Kier molecular flexibility index (Phi) is 2.87. The van der Waals surface area contributed by atoms with Crippen LogP contribution >= 0.6 is 0 Å². The fourth-order valence-electron chi connectivity index (χ4n) is 1.57. The molecule has 2 rings (SSSR count). The number of nitrogens with zero attached hydrogens (tertiary/aromatic N) is 2. The molecule has 3 N–H and O–H groups in total. The first-order chi connectivity index (χ1) is 7.74. The number of hydrogen-bond donors (Lipinski definition) is 2. The van der Waals surface area contributed by atoms with Crippen molar-refractivity contribution < 1.29 is 0 Å². The summed E-state index contributed by atoms with van der Waals surface area (Å²) in [6, 6.07) is 9.10. The maximum absolute atomic E-state index is 11.7. The van der Waals surface area contributed by atoms with Crippen molar-refractivity contribution in [1.29, 1.82) is 0 Å². The Morgan fingerprint density at radius 2 is 2.12 bits per heavy atom. The second-order valence-electron chi connectivity index (χ2n) is 3.57. The summed E-state index contributed by atoms with van der Waals surface area (Å²) in [4.78, 5) is 11.7. The molecule has 1 atom stereocenters. The third-order valence-electron chi connectivity index (χ3n) is 2.48. The van der Waals surface area contributed by atoms with Crippen molar-refractivity contribution in [2.24, 2.45) is 5.73 Å². The van der Waals surface area contributed by atoms with Crippen LogP contribution in [0, 0.1) is 0 Å². The molecule has 0 fully saturated rings. The van der Waals surface area contributed by atoms with E-state index in [1.165, 1.54) is 4.57 Å². The van der Waals surface area contributed by atoms with E-state index in [9.17, 15) is 4.79 Å². The molecule has 5 heteroatoms. The van der Waals surface area contributed by atoms with E-state index < -0.39 is 0 Å². The van der Waals surface area contributed by atoms with Gasteiger partial charge in [-0.3, -0.25) is 0 Å². The highest BCUT2D eigenvalue weighted by Gasteiger charge is 2.15. The molecule has 0 aliphatic heterocycles. The van der Waals surface area contributed by atoms with Gasteiger partial charge in [0, 0.05) is 0 Å². The number of H-pyrrole nitrogens is 1. The third-order valence-corrected chi connectivity index (χ3v) is 2.48. The fourth-order valence-corrected chi connectivity index (χ4v) is 1.57. The van der Waals surface area contributed by atoms with E-state index in [4.69, 9.17) is 5.73 Å². The summed E-state index contributed by atoms with van der Waals surface area (Å²) in [5.41, 5.74) is 6.42. The lowest BCUT2D eigenvalue weighted by Gasteiger charge is -2.09. The largest absolute Gasteiger partial charge is 0.347 e. The zero-order valence-corrected chi connectivity index (χ0v) is 9.05. The number of aromatic amines is 1. The average molecular weight is 218 g/mol. The van der Waals surface area contributed by atoms with Gasteiger partial charge >= 0.3 is 5.69 Å². The lowest BCUT2D eigenvalue weighted by Crippen LogP contribution is -2.21. The molecule has 5 nitrogen and oxygen atoms in total. The van der Waals surface area contributed by atoms with Gasteiger partial charge in [-0.05, 0) is 18.6 Å². The van der Waals surface area contributed by atoms with Crippen molar-refractivity contribution in [3.8, 4) is 5.69 Å². The summed E-state index contributed by atoms with van der Waals surface area (Å²) in [6.45, 7) is 1.96. The Labute approximate surface area is 92.9 Å². The van der Waals surface area contributed by atoms with Crippen molar-refractivity contribution in [1.82, 2.24) is 14.8 Å². The van der Waals surface area contributed by atoms with Crippen LogP contribution in [0.1, 0.15) is 25.2 Å². The Bertz CT molecular complexity index is 514. The zero-order valence-electron chi connectivity index (χ0n) is 9.05. The smallest absolute Gasteiger partial charge is 0.321 e. The van der Waals surface area contributed by atoms with E-state index in [2.05, 4.69) is 10.2 Å². The minimum Gasteiger partial charge on any atom is -0.321 e. The molecule has 0 saturated carbocycles. The highest BCUT2D eigenvalue weighted by molar-refractivity contribution is 5.32. The van der Waals surface area contributed by atoms with E-state index >= 15 is 0 Å². The molecule has 0 saturated heterocycles. The first kappa shape index (κ1) is 10.6. The molecule has 0 radical (unpaired) electrons. The number of nitrogens with one attached hydrogen (secondary N) is 1. The lowest BCUT2D eigenvalue weighted by atomic mass is 10.2. The monoisotopic (exact) mass is 218 g/mol. The molecule has 2 aromatic rings. The number of hydrogen-bond acceptors (Lipinski definition) is 3. The molecule has 1 aromatic carbocycles. The van der Waals surface area contributed by atoms with Gasteiger partial charge in [0.15, 0.2) is 5.82 Å². The van der Waals surface area contributed by atoms with Crippen molar-refractivity contribution in [3.05, 3.63) is 46.6 Å². The van der Waals surface area contributed by atoms with Crippen molar-refractivity contribution >= 4 is 0 Å². The molecule has 0 amide bonds. The molecule has 0 bridgehead atoms. The second-order valence-corrected chi connectivity index (χ2v) is 3.57. The fraction of sp³-hybridized carbons (Fsp3) is 0.273. The Morgan fingerprint density at radius 3 is 2.75 bits per heavy atom. The van der Waals surface area contributed by atoms with Crippen molar-refractivity contribution in [2.45, 2.75) is 19.4 Å². The van der Waals surface area contributed by atoms with Crippen molar-refractivity contribution in [3.63, 3.8) is 0 Å². The Hall–Kier alpha value is -1.88. The van der Waals surface area contributed by atoms with Crippen LogP contribution in [0.25, 0.3) is 5.69 Å². The van der Waals surface area contributed by atoms with Crippen LogP contribution in [0.4, 0.5) is 0 Å². The normalized spacial score (nSPS) is 12.6. The van der Waals surface area contributed by atoms with E-state index in [0.717, 1.165) is 12.1 Å². The highest BCUT2D eigenvalue weighted by atomic mass is 16.1. The maximum atomic E-state index is 11.7. The van der Waals surface area contributed by atoms with Gasteiger partial charge < -0.3 is 5.73 Å². The first-order valence-corrected chi connectivity index (χ1v) is 5.22. The summed E-state index contributed by atoms with van der Waals surface area (Å²) in [5.74, 6) is 0.568. The van der Waals surface area contributed by atoms with Crippen LogP contribution in [0.15, 0.2) is 35.1 Å². The molecular weight excluding hydrogens is 204 g/mol. The van der Waals surface area contributed by atoms with E-state index in [0.29, 0.717) is 5.82 Å². The van der Waals surface area contributed by atoms with Crippen LogP contribution in [-0.4, -0.2) is 14.8 Å². The number of para-hydroxylation sites is 1. The summed E-state index contributed by atoms with van der Waals surface area (Å²) in [7, 11) is 0. The predicted molar refractivity (Wildman–Crippen MR) is 61.4 cm³/mol. The Morgan fingerprint density at radius 1 is 1.44 bits per heavy atom. The SMILES string of the molecule is CC[C@H](N)c1n[nH]c(=O)n1-c1ccccc1. The van der Waals surface area contributed by atoms with Gasteiger partial charge in [-0.25, -0.2) is 14.5 Å². The van der Waals surface area contributed by atoms with Gasteiger partial charge in [0.2, 0.25) is 0 Å². The number of rotatable bonds is 3. The second kappa shape index (κ2) is 4.32. The Balaban J connectivity index is 2.56. The number of aromatic nitrogens is 3. The minimum atomic E-state index is -0.259. The molecule has 0 aliphatic rings. The number of nitrogens with two attached hydrogens (primary N) is 1. The molecule has 16 heavy (non-hydrogen) atoms. The quantitative estimate of drug-likeness (QED) is 0.805. The lowest BCUT2D eigenvalue weighted by molar-refractivity contribution is 0.631. The van der Waals surface area contributed by atoms with E-state index in [-0.39, 0.29) is 11.7 Å². The van der Waals surface area contributed by atoms with Crippen molar-refractivity contribution in [2.75, 3.05) is 0 Å². The molecule has 0 aliphatic carbocycles. The number of benzene rings is 1. The van der Waals surface area contributed by atoms with Crippen LogP contribution in [0.5, 0.6) is 0 Å².